The number of nitrogens with zero attached hydrogens (tertiary/aromatic N) is 2. The molecule has 1 aromatic rings. The van der Waals surface area contributed by atoms with Gasteiger partial charge in [-0.15, -0.1) is 11.3 Å². The molecule has 19 heavy (non-hydrogen) atoms. The number of amides is 1. The van der Waals surface area contributed by atoms with Crippen molar-refractivity contribution in [3.63, 3.8) is 0 Å². The van der Waals surface area contributed by atoms with Crippen molar-refractivity contribution in [3.05, 3.63) is 16.5 Å². The van der Waals surface area contributed by atoms with Gasteiger partial charge in [0.15, 0.2) is 0 Å². The van der Waals surface area contributed by atoms with Crippen LogP contribution in [0.5, 0.6) is 0 Å². The molecule has 100 valence electrons. The second-order valence-electron chi connectivity index (χ2n) is 3.47. The van der Waals surface area contributed by atoms with Gasteiger partial charge in [0.05, 0.1) is 19.1 Å². The maximum atomic E-state index is 11.6. The standard InChI is InChI=1S/C12H13N3O3S/c1-3-18-12(17)10(14-7-16)15-11-8(2)9(4-5-13)6-19-11/h6-7H,3-4H2,1-2H3,(H,14,15,16). The first-order valence-corrected chi connectivity index (χ1v) is 6.41. The molecule has 0 aliphatic carbocycles. The Morgan fingerprint density at radius 3 is 3.00 bits per heavy atom. The van der Waals surface area contributed by atoms with Crippen LogP contribution in [0.1, 0.15) is 18.1 Å². The fourth-order valence-electron chi connectivity index (χ4n) is 1.30. The van der Waals surface area contributed by atoms with Gasteiger partial charge in [-0.3, -0.25) is 4.79 Å². The fraction of sp³-hybridized carbons (Fsp3) is 0.333. The van der Waals surface area contributed by atoms with Crippen LogP contribution in [0.25, 0.3) is 0 Å². The van der Waals surface area contributed by atoms with Gasteiger partial charge >= 0.3 is 5.97 Å². The lowest BCUT2D eigenvalue weighted by molar-refractivity contribution is -0.135. The summed E-state index contributed by atoms with van der Waals surface area (Å²) in [6.07, 6.45) is 0.655. The van der Waals surface area contributed by atoms with Crippen LogP contribution in [0.15, 0.2) is 10.4 Å². The molecule has 0 spiro atoms. The van der Waals surface area contributed by atoms with Crippen LogP contribution < -0.4 is 5.32 Å². The summed E-state index contributed by atoms with van der Waals surface area (Å²) in [4.78, 5) is 26.1. The summed E-state index contributed by atoms with van der Waals surface area (Å²) >= 11 is 1.30. The lowest BCUT2D eigenvalue weighted by Crippen LogP contribution is -2.31. The van der Waals surface area contributed by atoms with Crippen LogP contribution in [0.2, 0.25) is 0 Å². The minimum absolute atomic E-state index is 0.162. The minimum atomic E-state index is -0.691. The maximum absolute atomic E-state index is 11.6. The Bertz CT molecular complexity index is 543. The van der Waals surface area contributed by atoms with Crippen LogP contribution in [-0.2, 0) is 20.7 Å². The molecule has 1 rings (SSSR count). The molecule has 0 radical (unpaired) electrons. The summed E-state index contributed by atoms with van der Waals surface area (Å²) in [5, 5.41) is 13.3. The van der Waals surface area contributed by atoms with Gasteiger partial charge in [0, 0.05) is 0 Å². The number of thiophene rings is 1. The highest BCUT2D eigenvalue weighted by Crippen LogP contribution is 2.30. The van der Waals surface area contributed by atoms with Gasteiger partial charge in [0.1, 0.15) is 5.00 Å². The second kappa shape index (κ2) is 7.28. The number of amidine groups is 1. The molecule has 0 saturated heterocycles. The Morgan fingerprint density at radius 2 is 2.42 bits per heavy atom. The third-order valence-electron chi connectivity index (χ3n) is 2.26. The van der Waals surface area contributed by atoms with E-state index in [0.717, 1.165) is 11.1 Å². The van der Waals surface area contributed by atoms with Crippen molar-refractivity contribution in [2.45, 2.75) is 20.3 Å². The normalized spacial score (nSPS) is 10.7. The third-order valence-corrected chi connectivity index (χ3v) is 3.29. The summed E-state index contributed by atoms with van der Waals surface area (Å²) < 4.78 is 4.78. The molecule has 0 aliphatic heterocycles. The molecule has 7 heteroatoms. The van der Waals surface area contributed by atoms with E-state index in [9.17, 15) is 9.59 Å². The predicted molar refractivity (Wildman–Crippen MR) is 71.3 cm³/mol. The highest BCUT2D eigenvalue weighted by Gasteiger charge is 2.14. The van der Waals surface area contributed by atoms with Crippen LogP contribution >= 0.6 is 11.3 Å². The number of nitrogens with one attached hydrogen (secondary N) is 1. The molecular weight excluding hydrogens is 266 g/mol. The minimum Gasteiger partial charge on any atom is -0.460 e. The molecule has 0 atom stereocenters. The summed E-state index contributed by atoms with van der Waals surface area (Å²) in [7, 11) is 0. The Kier molecular flexibility index (Phi) is 5.70. The molecule has 0 aliphatic rings. The second-order valence-corrected chi connectivity index (χ2v) is 4.33. The van der Waals surface area contributed by atoms with Crippen molar-refractivity contribution >= 4 is 34.6 Å². The van der Waals surface area contributed by atoms with Gasteiger partial charge in [0.2, 0.25) is 12.2 Å². The Hall–Kier alpha value is -2.20. The molecule has 1 aromatic heterocycles. The molecule has 0 aromatic carbocycles. The predicted octanol–water partition coefficient (Wildman–Crippen LogP) is 1.46. The van der Waals surface area contributed by atoms with Crippen LogP contribution in [0.4, 0.5) is 5.00 Å². The zero-order valence-electron chi connectivity index (χ0n) is 10.6. The molecule has 0 unspecified atom stereocenters. The molecule has 1 N–H and O–H groups in total. The van der Waals surface area contributed by atoms with Gasteiger partial charge in [-0.2, -0.15) is 5.26 Å². The van der Waals surface area contributed by atoms with Crippen molar-refractivity contribution in [2.75, 3.05) is 6.61 Å². The first-order chi connectivity index (χ1) is 9.13. The van der Waals surface area contributed by atoms with E-state index < -0.39 is 5.97 Å². The lowest BCUT2D eigenvalue weighted by atomic mass is 10.1. The number of esters is 1. The highest BCUT2D eigenvalue weighted by atomic mass is 32.1. The zero-order chi connectivity index (χ0) is 14.3. The van der Waals surface area contributed by atoms with E-state index in [4.69, 9.17) is 10.00 Å². The highest BCUT2D eigenvalue weighted by molar-refractivity contribution is 7.14. The van der Waals surface area contributed by atoms with Crippen molar-refractivity contribution in [1.29, 1.82) is 5.26 Å². The first-order valence-electron chi connectivity index (χ1n) is 5.53. The van der Waals surface area contributed by atoms with Crippen molar-refractivity contribution in [3.8, 4) is 6.07 Å². The number of ether oxygens (including phenoxy) is 1. The molecule has 1 amide bonds. The Labute approximate surface area is 114 Å². The molecule has 1 heterocycles. The van der Waals surface area contributed by atoms with Crippen molar-refractivity contribution in [1.82, 2.24) is 5.32 Å². The van der Waals surface area contributed by atoms with Gasteiger partial charge in [0.25, 0.3) is 0 Å². The zero-order valence-corrected chi connectivity index (χ0v) is 11.4. The molecule has 0 fully saturated rings. The van der Waals surface area contributed by atoms with Gasteiger partial charge < -0.3 is 10.1 Å². The lowest BCUT2D eigenvalue weighted by Gasteiger charge is -2.03. The van der Waals surface area contributed by atoms with Crippen LogP contribution in [0.3, 0.4) is 0 Å². The number of hydrogen-bond acceptors (Lipinski definition) is 6. The van der Waals surface area contributed by atoms with E-state index in [-0.39, 0.29) is 18.9 Å². The molecule has 0 bridgehead atoms. The Balaban J connectivity index is 3.05. The van der Waals surface area contributed by atoms with Crippen molar-refractivity contribution in [2.24, 2.45) is 4.99 Å². The van der Waals surface area contributed by atoms with Crippen molar-refractivity contribution < 1.29 is 14.3 Å². The number of carbonyl (C=O) groups excluding carboxylic acids is 2. The van der Waals surface area contributed by atoms with Gasteiger partial charge in [-0.1, -0.05) is 0 Å². The quantitative estimate of drug-likeness (QED) is 0.391. The van der Waals surface area contributed by atoms with E-state index in [2.05, 4.69) is 16.4 Å². The number of hydrogen-bond donors (Lipinski definition) is 1. The Morgan fingerprint density at radius 1 is 1.68 bits per heavy atom. The molecular formula is C12H13N3O3S. The molecule has 0 saturated carbocycles. The van der Waals surface area contributed by atoms with Crippen LogP contribution in [-0.4, -0.2) is 24.8 Å². The summed E-state index contributed by atoms with van der Waals surface area (Å²) in [5.74, 6) is -0.852. The van der Waals surface area contributed by atoms with Crippen LogP contribution in [0, 0.1) is 18.3 Å². The number of aliphatic imine (C=N–C) groups is 1. The third kappa shape index (κ3) is 3.89. The topological polar surface area (TPSA) is 91.5 Å². The SMILES string of the molecule is CCOC(=O)C(=Nc1scc(CC#N)c1C)NC=O. The maximum Gasteiger partial charge on any atom is 0.374 e. The van der Waals surface area contributed by atoms with E-state index >= 15 is 0 Å². The van der Waals surface area contributed by atoms with E-state index in [1.165, 1.54) is 11.3 Å². The number of nitriles is 1. The van der Waals surface area contributed by atoms with E-state index in [0.29, 0.717) is 11.4 Å². The number of rotatable bonds is 4. The average Bonchev–Trinajstić information content (AvgIpc) is 2.72. The van der Waals surface area contributed by atoms with E-state index in [1.807, 2.05) is 6.92 Å². The fourth-order valence-corrected chi connectivity index (χ4v) is 2.27. The number of carbonyl (C=O) groups is 2. The summed E-state index contributed by atoms with van der Waals surface area (Å²) in [6, 6.07) is 2.05. The van der Waals surface area contributed by atoms with Gasteiger partial charge in [-0.25, -0.2) is 9.79 Å². The molecule has 6 nitrogen and oxygen atoms in total. The van der Waals surface area contributed by atoms with E-state index in [1.54, 1.807) is 12.3 Å². The average molecular weight is 279 g/mol. The first kappa shape index (κ1) is 14.9. The largest absolute Gasteiger partial charge is 0.460 e. The summed E-state index contributed by atoms with van der Waals surface area (Å²) in [5.41, 5.74) is 1.68. The van der Waals surface area contributed by atoms with Gasteiger partial charge in [-0.05, 0) is 30.4 Å². The summed E-state index contributed by atoms with van der Waals surface area (Å²) in [6.45, 7) is 3.67. The smallest absolute Gasteiger partial charge is 0.374 e. The monoisotopic (exact) mass is 279 g/mol.